The second-order valence-corrected chi connectivity index (χ2v) is 7.48. The number of rotatable bonds is 5. The summed E-state index contributed by atoms with van der Waals surface area (Å²) in [6, 6.07) is 14.0. The molecule has 3 rings (SSSR count). The number of benzene rings is 2. The lowest BCUT2D eigenvalue weighted by Gasteiger charge is -2.15. The van der Waals surface area contributed by atoms with E-state index in [4.69, 9.17) is 9.47 Å². The Morgan fingerprint density at radius 1 is 1.04 bits per heavy atom. The first-order valence-corrected chi connectivity index (χ1v) is 8.93. The molecule has 0 amide bonds. The van der Waals surface area contributed by atoms with E-state index in [0.29, 0.717) is 18.6 Å². The summed E-state index contributed by atoms with van der Waals surface area (Å²) in [6.45, 7) is 0.243. The minimum absolute atomic E-state index is 0.243. The first-order chi connectivity index (χ1) is 11.1. The molecular formula is C17H17FO4S. The highest BCUT2D eigenvalue weighted by molar-refractivity contribution is 7.92. The third-order valence-electron chi connectivity index (χ3n) is 3.74. The fraction of sp³-hybridized carbons (Fsp3) is 0.294. The molecule has 1 fully saturated rings. The molecule has 0 saturated carbocycles. The molecule has 0 radical (unpaired) electrons. The van der Waals surface area contributed by atoms with Crippen molar-refractivity contribution in [2.75, 3.05) is 6.61 Å². The van der Waals surface area contributed by atoms with E-state index in [1.165, 1.54) is 24.3 Å². The van der Waals surface area contributed by atoms with Crippen molar-refractivity contribution in [2.24, 2.45) is 0 Å². The van der Waals surface area contributed by atoms with Crippen molar-refractivity contribution in [3.8, 4) is 5.75 Å². The largest absolute Gasteiger partial charge is 0.491 e. The van der Waals surface area contributed by atoms with Gasteiger partial charge in [-0.25, -0.2) is 12.8 Å². The molecule has 6 heteroatoms. The molecule has 122 valence electrons. The van der Waals surface area contributed by atoms with Crippen molar-refractivity contribution in [1.82, 2.24) is 0 Å². The van der Waals surface area contributed by atoms with Crippen LogP contribution in [0.1, 0.15) is 12.8 Å². The molecule has 2 aromatic rings. The van der Waals surface area contributed by atoms with Crippen molar-refractivity contribution in [2.45, 2.75) is 29.3 Å². The van der Waals surface area contributed by atoms with Crippen molar-refractivity contribution in [1.29, 1.82) is 0 Å². The van der Waals surface area contributed by atoms with E-state index in [-0.39, 0.29) is 23.4 Å². The van der Waals surface area contributed by atoms with E-state index in [2.05, 4.69) is 0 Å². The maximum atomic E-state index is 12.8. The van der Waals surface area contributed by atoms with Gasteiger partial charge in [-0.1, -0.05) is 18.2 Å². The molecule has 2 aromatic carbocycles. The fourth-order valence-electron chi connectivity index (χ4n) is 2.51. The number of hydrogen-bond donors (Lipinski definition) is 0. The molecule has 23 heavy (non-hydrogen) atoms. The van der Waals surface area contributed by atoms with E-state index >= 15 is 0 Å². The number of halogens is 1. The predicted octanol–water partition coefficient (Wildman–Crippen LogP) is 3.18. The van der Waals surface area contributed by atoms with Crippen molar-refractivity contribution in [3.05, 3.63) is 60.4 Å². The number of hydrogen-bond acceptors (Lipinski definition) is 4. The summed E-state index contributed by atoms with van der Waals surface area (Å²) in [4.78, 5) is 0.269. The zero-order chi connectivity index (χ0) is 16.3. The summed E-state index contributed by atoms with van der Waals surface area (Å²) in [5.74, 6) is 0.202. The van der Waals surface area contributed by atoms with Crippen molar-refractivity contribution in [3.63, 3.8) is 0 Å². The van der Waals surface area contributed by atoms with Crippen LogP contribution in [0.3, 0.4) is 0 Å². The van der Waals surface area contributed by atoms with Crippen LogP contribution < -0.4 is 4.74 Å². The van der Waals surface area contributed by atoms with Gasteiger partial charge in [0.2, 0.25) is 9.84 Å². The zero-order valence-corrected chi connectivity index (χ0v) is 13.2. The lowest BCUT2D eigenvalue weighted by atomic mass is 10.2. The Balaban J connectivity index is 1.59. The zero-order valence-electron chi connectivity index (χ0n) is 12.4. The highest BCUT2D eigenvalue weighted by Gasteiger charge is 2.36. The van der Waals surface area contributed by atoms with E-state index in [1.807, 2.05) is 0 Å². The number of sulfone groups is 1. The molecule has 0 unspecified atom stereocenters. The van der Waals surface area contributed by atoms with Gasteiger partial charge in [0.25, 0.3) is 0 Å². The Labute approximate surface area is 134 Å². The molecule has 4 nitrogen and oxygen atoms in total. The molecule has 1 saturated heterocycles. The lowest BCUT2D eigenvalue weighted by molar-refractivity contribution is 0.0504. The molecule has 0 spiro atoms. The second-order valence-electron chi connectivity index (χ2n) is 5.39. The van der Waals surface area contributed by atoms with Crippen molar-refractivity contribution >= 4 is 9.84 Å². The van der Waals surface area contributed by atoms with Crippen LogP contribution in [0, 0.1) is 5.82 Å². The van der Waals surface area contributed by atoms with Gasteiger partial charge in [-0.05, 0) is 49.2 Å². The minimum Gasteiger partial charge on any atom is -0.491 e. The normalized spacial score (nSPS) is 21.3. The van der Waals surface area contributed by atoms with Crippen LogP contribution in [0.4, 0.5) is 4.39 Å². The van der Waals surface area contributed by atoms with Crippen LogP contribution in [0.25, 0.3) is 0 Å². The van der Waals surface area contributed by atoms with Gasteiger partial charge in [-0.2, -0.15) is 0 Å². The molecule has 1 aliphatic heterocycles. The lowest BCUT2D eigenvalue weighted by Crippen LogP contribution is -2.24. The van der Waals surface area contributed by atoms with Gasteiger partial charge in [-0.15, -0.1) is 0 Å². The molecule has 2 atom stereocenters. The van der Waals surface area contributed by atoms with Gasteiger partial charge in [0.05, 0.1) is 11.0 Å². The summed E-state index contributed by atoms with van der Waals surface area (Å²) in [6.07, 6.45) is 0.760. The minimum atomic E-state index is -3.49. The van der Waals surface area contributed by atoms with Crippen LogP contribution in [0.5, 0.6) is 5.75 Å². The van der Waals surface area contributed by atoms with Crippen LogP contribution in [0.15, 0.2) is 59.5 Å². The van der Waals surface area contributed by atoms with Crippen LogP contribution in [-0.4, -0.2) is 26.6 Å². The molecule has 0 aromatic heterocycles. The van der Waals surface area contributed by atoms with Gasteiger partial charge in [0.15, 0.2) is 5.44 Å². The monoisotopic (exact) mass is 336 g/mol. The highest BCUT2D eigenvalue weighted by atomic mass is 32.2. The van der Waals surface area contributed by atoms with Crippen molar-refractivity contribution < 1.29 is 22.3 Å². The Kier molecular flexibility index (Phi) is 4.63. The van der Waals surface area contributed by atoms with Gasteiger partial charge >= 0.3 is 0 Å². The Bertz CT molecular complexity index is 744. The molecule has 1 aliphatic rings. The molecular weight excluding hydrogens is 319 g/mol. The van der Waals surface area contributed by atoms with Crippen LogP contribution in [-0.2, 0) is 14.6 Å². The fourth-order valence-corrected chi connectivity index (χ4v) is 4.10. The predicted molar refractivity (Wildman–Crippen MR) is 83.4 cm³/mol. The van der Waals surface area contributed by atoms with Gasteiger partial charge in [0.1, 0.15) is 18.2 Å². The summed E-state index contributed by atoms with van der Waals surface area (Å²) in [7, 11) is -3.49. The Morgan fingerprint density at radius 2 is 1.74 bits per heavy atom. The third-order valence-corrected chi connectivity index (χ3v) is 5.70. The Hall–Kier alpha value is -1.92. The molecule has 0 bridgehead atoms. The van der Waals surface area contributed by atoms with Gasteiger partial charge in [0, 0.05) is 0 Å². The maximum absolute atomic E-state index is 12.8. The first kappa shape index (κ1) is 16.0. The standard InChI is InChI=1S/C17H17FO4S/c18-13-6-8-14(9-7-13)21-12-15-10-11-17(22-15)23(19,20)16-4-2-1-3-5-16/h1-9,15,17H,10-12H2/t15-,17+/m0/s1. The van der Waals surface area contributed by atoms with E-state index < -0.39 is 15.3 Å². The Morgan fingerprint density at radius 3 is 2.43 bits per heavy atom. The second kappa shape index (κ2) is 6.68. The van der Waals surface area contributed by atoms with Crippen LogP contribution >= 0.6 is 0 Å². The van der Waals surface area contributed by atoms with E-state index in [9.17, 15) is 12.8 Å². The van der Waals surface area contributed by atoms with E-state index in [0.717, 1.165) is 0 Å². The topological polar surface area (TPSA) is 52.6 Å². The average Bonchev–Trinajstić information content (AvgIpc) is 3.05. The highest BCUT2D eigenvalue weighted by Crippen LogP contribution is 2.29. The van der Waals surface area contributed by atoms with Gasteiger partial charge < -0.3 is 9.47 Å². The summed E-state index contributed by atoms with van der Waals surface area (Å²) >= 11 is 0. The first-order valence-electron chi connectivity index (χ1n) is 7.38. The number of ether oxygens (including phenoxy) is 2. The quantitative estimate of drug-likeness (QED) is 0.841. The maximum Gasteiger partial charge on any atom is 0.205 e. The summed E-state index contributed by atoms with van der Waals surface area (Å²) < 4.78 is 49.0. The average molecular weight is 336 g/mol. The smallest absolute Gasteiger partial charge is 0.205 e. The molecule has 0 aliphatic carbocycles. The third kappa shape index (κ3) is 3.71. The summed E-state index contributed by atoms with van der Waals surface area (Å²) in [5.41, 5.74) is -0.841. The molecule has 1 heterocycles. The SMILES string of the molecule is O=S(=O)(c1ccccc1)[C@@H]1CC[C@@H](COc2ccc(F)cc2)O1. The molecule has 0 N–H and O–H groups in total. The van der Waals surface area contributed by atoms with E-state index in [1.54, 1.807) is 30.3 Å². The summed E-state index contributed by atoms with van der Waals surface area (Å²) in [5, 5.41) is 0. The van der Waals surface area contributed by atoms with Gasteiger partial charge in [-0.3, -0.25) is 0 Å². The van der Waals surface area contributed by atoms with Crippen LogP contribution in [0.2, 0.25) is 0 Å².